The van der Waals surface area contributed by atoms with Gasteiger partial charge in [-0.15, -0.1) is 0 Å². The van der Waals surface area contributed by atoms with Gasteiger partial charge in [0, 0.05) is 5.69 Å². The predicted octanol–water partition coefficient (Wildman–Crippen LogP) is 5.74. The Morgan fingerprint density at radius 2 is 1.68 bits per heavy atom. The maximum atomic E-state index is 6.14. The second kappa shape index (κ2) is 8.86. The number of ether oxygens (including phenoxy) is 2. The van der Waals surface area contributed by atoms with Gasteiger partial charge in [-0.2, -0.15) is 0 Å². The fourth-order valence-corrected chi connectivity index (χ4v) is 2.71. The number of anilines is 1. The summed E-state index contributed by atoms with van der Waals surface area (Å²) in [6.07, 6.45) is 0.796. The number of thiocarbonyl (C=S) groups is 1. The van der Waals surface area contributed by atoms with Gasteiger partial charge in [-0.25, -0.2) is 0 Å². The SMILES string of the molecule is CCOc1cccc(NC(=S)CC)c1COc1cc(C)c(C)cc1C. The molecule has 134 valence electrons. The lowest BCUT2D eigenvalue weighted by atomic mass is 10.1. The molecule has 0 amide bonds. The van der Waals surface area contributed by atoms with Crippen molar-refractivity contribution in [1.29, 1.82) is 0 Å². The van der Waals surface area contributed by atoms with Gasteiger partial charge in [-0.05, 0) is 69.0 Å². The maximum Gasteiger partial charge on any atom is 0.127 e. The lowest BCUT2D eigenvalue weighted by Gasteiger charge is -2.18. The molecular weight excluding hydrogens is 330 g/mol. The average molecular weight is 358 g/mol. The third kappa shape index (κ3) is 4.95. The lowest BCUT2D eigenvalue weighted by molar-refractivity contribution is 0.285. The van der Waals surface area contributed by atoms with Gasteiger partial charge in [0.15, 0.2) is 0 Å². The smallest absolute Gasteiger partial charge is 0.127 e. The number of nitrogens with one attached hydrogen (secondary N) is 1. The van der Waals surface area contributed by atoms with Gasteiger partial charge in [-0.1, -0.05) is 31.3 Å². The molecule has 0 aliphatic carbocycles. The van der Waals surface area contributed by atoms with Crippen LogP contribution in [-0.2, 0) is 6.61 Å². The molecular formula is C21H27NO2S. The molecule has 0 saturated heterocycles. The van der Waals surface area contributed by atoms with Crippen LogP contribution in [0.1, 0.15) is 42.5 Å². The van der Waals surface area contributed by atoms with E-state index in [-0.39, 0.29) is 0 Å². The van der Waals surface area contributed by atoms with Crippen LogP contribution < -0.4 is 14.8 Å². The van der Waals surface area contributed by atoms with Gasteiger partial charge in [0.2, 0.25) is 0 Å². The third-order valence-electron chi connectivity index (χ3n) is 4.19. The van der Waals surface area contributed by atoms with Crippen LogP contribution in [0.3, 0.4) is 0 Å². The molecule has 0 unspecified atom stereocenters. The molecule has 2 rings (SSSR count). The van der Waals surface area contributed by atoms with E-state index >= 15 is 0 Å². The van der Waals surface area contributed by atoms with Crippen molar-refractivity contribution in [2.75, 3.05) is 11.9 Å². The molecule has 1 N–H and O–H groups in total. The molecule has 0 atom stereocenters. The van der Waals surface area contributed by atoms with Crippen molar-refractivity contribution >= 4 is 22.9 Å². The van der Waals surface area contributed by atoms with Crippen molar-refractivity contribution in [2.45, 2.75) is 47.6 Å². The van der Waals surface area contributed by atoms with Gasteiger partial charge in [0.1, 0.15) is 18.1 Å². The molecule has 0 spiro atoms. The molecule has 25 heavy (non-hydrogen) atoms. The molecule has 2 aromatic carbocycles. The minimum absolute atomic E-state index is 0.425. The highest BCUT2D eigenvalue weighted by Crippen LogP contribution is 2.30. The Morgan fingerprint density at radius 3 is 2.36 bits per heavy atom. The first-order valence-electron chi connectivity index (χ1n) is 8.71. The van der Waals surface area contributed by atoms with E-state index < -0.39 is 0 Å². The summed E-state index contributed by atoms with van der Waals surface area (Å²) in [5, 5.41) is 3.30. The van der Waals surface area contributed by atoms with Crippen molar-refractivity contribution in [2.24, 2.45) is 0 Å². The first-order valence-corrected chi connectivity index (χ1v) is 9.12. The van der Waals surface area contributed by atoms with E-state index in [1.165, 1.54) is 11.1 Å². The van der Waals surface area contributed by atoms with E-state index in [2.05, 4.69) is 38.2 Å². The number of hydrogen-bond donors (Lipinski definition) is 1. The molecule has 0 saturated carbocycles. The molecule has 4 heteroatoms. The van der Waals surface area contributed by atoms with E-state index in [0.29, 0.717) is 13.2 Å². The van der Waals surface area contributed by atoms with Gasteiger partial charge >= 0.3 is 0 Å². The van der Waals surface area contributed by atoms with Crippen LogP contribution in [0.5, 0.6) is 11.5 Å². The number of aryl methyl sites for hydroxylation is 3. The van der Waals surface area contributed by atoms with Crippen LogP contribution in [0.15, 0.2) is 30.3 Å². The zero-order chi connectivity index (χ0) is 18.4. The van der Waals surface area contributed by atoms with E-state index in [1.54, 1.807) is 0 Å². The van der Waals surface area contributed by atoms with Crippen LogP contribution in [0.25, 0.3) is 0 Å². The zero-order valence-corrected chi connectivity index (χ0v) is 16.5. The first kappa shape index (κ1) is 19.3. The van der Waals surface area contributed by atoms with Crippen LogP contribution in [-0.4, -0.2) is 11.6 Å². The van der Waals surface area contributed by atoms with Crippen molar-refractivity contribution in [3.05, 3.63) is 52.6 Å². The molecule has 2 aromatic rings. The van der Waals surface area contributed by atoms with E-state index in [4.69, 9.17) is 21.7 Å². The van der Waals surface area contributed by atoms with Crippen molar-refractivity contribution < 1.29 is 9.47 Å². The lowest BCUT2D eigenvalue weighted by Crippen LogP contribution is -2.12. The molecule has 0 radical (unpaired) electrons. The highest BCUT2D eigenvalue weighted by molar-refractivity contribution is 7.80. The Balaban J connectivity index is 2.30. The summed E-state index contributed by atoms with van der Waals surface area (Å²) in [6.45, 7) is 11.3. The van der Waals surface area contributed by atoms with Crippen molar-refractivity contribution in [3.8, 4) is 11.5 Å². The molecule has 0 heterocycles. The zero-order valence-electron chi connectivity index (χ0n) is 15.7. The molecule has 0 fully saturated rings. The minimum Gasteiger partial charge on any atom is -0.493 e. The van der Waals surface area contributed by atoms with E-state index in [1.807, 2.05) is 32.0 Å². The van der Waals surface area contributed by atoms with E-state index in [0.717, 1.165) is 39.7 Å². The highest BCUT2D eigenvalue weighted by Gasteiger charge is 2.12. The van der Waals surface area contributed by atoms with Crippen LogP contribution in [0.4, 0.5) is 5.69 Å². The topological polar surface area (TPSA) is 30.5 Å². The third-order valence-corrected chi connectivity index (χ3v) is 4.58. The number of hydrogen-bond acceptors (Lipinski definition) is 3. The molecule has 0 aliphatic heterocycles. The largest absolute Gasteiger partial charge is 0.493 e. The molecule has 0 aromatic heterocycles. The predicted molar refractivity (Wildman–Crippen MR) is 109 cm³/mol. The number of benzene rings is 2. The molecule has 0 aliphatic rings. The van der Waals surface area contributed by atoms with Crippen LogP contribution >= 0.6 is 12.2 Å². The highest BCUT2D eigenvalue weighted by atomic mass is 32.1. The Hall–Kier alpha value is -2.07. The summed E-state index contributed by atoms with van der Waals surface area (Å²) in [5.41, 5.74) is 5.56. The van der Waals surface area contributed by atoms with Gasteiger partial charge < -0.3 is 14.8 Å². The Morgan fingerprint density at radius 1 is 0.960 bits per heavy atom. The Bertz CT molecular complexity index is 756. The summed E-state index contributed by atoms with van der Waals surface area (Å²) in [6, 6.07) is 10.2. The molecule has 3 nitrogen and oxygen atoms in total. The summed E-state index contributed by atoms with van der Waals surface area (Å²) in [5.74, 6) is 1.73. The Labute approximate surface area is 156 Å². The quantitative estimate of drug-likeness (QED) is 0.640. The summed E-state index contributed by atoms with van der Waals surface area (Å²) in [7, 11) is 0. The summed E-state index contributed by atoms with van der Waals surface area (Å²) in [4.78, 5) is 0.803. The summed E-state index contributed by atoms with van der Waals surface area (Å²) >= 11 is 5.34. The monoisotopic (exact) mass is 357 g/mol. The number of rotatable bonds is 7. The first-order chi connectivity index (χ1) is 12.0. The van der Waals surface area contributed by atoms with Crippen LogP contribution in [0, 0.1) is 20.8 Å². The standard InChI is InChI=1S/C21H27NO2S/c1-6-21(25)22-18-9-8-10-19(23-7-2)17(18)13-24-20-12-15(4)14(3)11-16(20)5/h8-12H,6-7,13H2,1-5H3,(H,22,25). The van der Waals surface area contributed by atoms with Gasteiger partial charge in [0.05, 0.1) is 17.2 Å². The second-order valence-electron chi connectivity index (χ2n) is 6.11. The van der Waals surface area contributed by atoms with Crippen molar-refractivity contribution in [1.82, 2.24) is 0 Å². The molecule has 0 bridgehead atoms. The normalized spacial score (nSPS) is 10.4. The van der Waals surface area contributed by atoms with Crippen LogP contribution in [0.2, 0.25) is 0 Å². The fraction of sp³-hybridized carbons (Fsp3) is 0.381. The van der Waals surface area contributed by atoms with Crippen molar-refractivity contribution in [3.63, 3.8) is 0 Å². The average Bonchev–Trinajstić information content (AvgIpc) is 2.58. The Kier molecular flexibility index (Phi) is 6.82. The van der Waals surface area contributed by atoms with Gasteiger partial charge in [0.25, 0.3) is 0 Å². The maximum absolute atomic E-state index is 6.14. The van der Waals surface area contributed by atoms with Gasteiger partial charge in [-0.3, -0.25) is 0 Å². The second-order valence-corrected chi connectivity index (χ2v) is 6.60. The minimum atomic E-state index is 0.425. The van der Waals surface area contributed by atoms with E-state index in [9.17, 15) is 0 Å². The summed E-state index contributed by atoms with van der Waals surface area (Å²) < 4.78 is 11.9. The fourth-order valence-electron chi connectivity index (χ4n) is 2.60.